The standard InChI is InChI=1S/C15H16ClNO3S/c16-11-10-15(12-4-2-1-3-5-12)20-13-6-8-14(9-7-13)21(17,18)19/h1-9,15H,10-11H2,(H2,17,18,19). The molecule has 1 unspecified atom stereocenters. The van der Waals surface area contributed by atoms with Crippen LogP contribution >= 0.6 is 11.6 Å². The first-order valence-electron chi connectivity index (χ1n) is 6.41. The lowest BCUT2D eigenvalue weighted by molar-refractivity contribution is 0.202. The largest absolute Gasteiger partial charge is 0.486 e. The molecule has 0 aromatic heterocycles. The smallest absolute Gasteiger partial charge is 0.238 e. The Morgan fingerprint density at radius 1 is 1.05 bits per heavy atom. The maximum absolute atomic E-state index is 11.2. The lowest BCUT2D eigenvalue weighted by atomic mass is 10.1. The van der Waals surface area contributed by atoms with Crippen LogP contribution < -0.4 is 9.88 Å². The van der Waals surface area contributed by atoms with Gasteiger partial charge in [-0.25, -0.2) is 13.6 Å². The Morgan fingerprint density at radius 2 is 1.67 bits per heavy atom. The maximum atomic E-state index is 11.2. The van der Waals surface area contributed by atoms with Crippen LogP contribution in [0.3, 0.4) is 0 Å². The molecule has 0 saturated carbocycles. The van der Waals surface area contributed by atoms with Crippen molar-refractivity contribution in [3.8, 4) is 5.75 Å². The molecule has 6 heteroatoms. The van der Waals surface area contributed by atoms with Crippen molar-refractivity contribution in [2.75, 3.05) is 5.88 Å². The molecule has 0 aliphatic heterocycles. The number of halogens is 1. The minimum atomic E-state index is -3.69. The van der Waals surface area contributed by atoms with Gasteiger partial charge in [0.15, 0.2) is 0 Å². The van der Waals surface area contributed by atoms with Crippen molar-refractivity contribution in [2.45, 2.75) is 17.4 Å². The van der Waals surface area contributed by atoms with E-state index in [2.05, 4.69) is 0 Å². The number of sulfonamides is 1. The molecule has 0 saturated heterocycles. The van der Waals surface area contributed by atoms with Crippen molar-refractivity contribution in [1.82, 2.24) is 0 Å². The molecule has 0 radical (unpaired) electrons. The summed E-state index contributed by atoms with van der Waals surface area (Å²) in [6.07, 6.45) is 0.478. The van der Waals surface area contributed by atoms with E-state index < -0.39 is 10.0 Å². The minimum absolute atomic E-state index is 0.0588. The number of rotatable bonds is 6. The first-order chi connectivity index (χ1) is 10.0. The molecule has 2 aromatic carbocycles. The summed E-state index contributed by atoms with van der Waals surface area (Å²) in [5.74, 6) is 1.04. The molecule has 0 fully saturated rings. The molecule has 2 aromatic rings. The maximum Gasteiger partial charge on any atom is 0.238 e. The average Bonchev–Trinajstić information content (AvgIpc) is 2.47. The summed E-state index contributed by atoms with van der Waals surface area (Å²) >= 11 is 5.82. The third-order valence-corrected chi connectivity index (χ3v) is 4.12. The van der Waals surface area contributed by atoms with E-state index in [9.17, 15) is 8.42 Å². The number of ether oxygens (including phenoxy) is 1. The first-order valence-corrected chi connectivity index (χ1v) is 8.49. The number of nitrogens with two attached hydrogens (primary N) is 1. The molecular formula is C15H16ClNO3S. The Morgan fingerprint density at radius 3 is 2.19 bits per heavy atom. The fourth-order valence-electron chi connectivity index (χ4n) is 1.93. The molecule has 0 amide bonds. The number of hydrogen-bond acceptors (Lipinski definition) is 3. The number of hydrogen-bond donors (Lipinski definition) is 1. The fourth-order valence-corrected chi connectivity index (χ4v) is 2.65. The van der Waals surface area contributed by atoms with Crippen molar-refractivity contribution in [3.63, 3.8) is 0 Å². The van der Waals surface area contributed by atoms with Crippen molar-refractivity contribution < 1.29 is 13.2 Å². The van der Waals surface area contributed by atoms with Crippen LogP contribution in [0.25, 0.3) is 0 Å². The highest BCUT2D eigenvalue weighted by atomic mass is 35.5. The zero-order valence-corrected chi connectivity index (χ0v) is 12.8. The monoisotopic (exact) mass is 325 g/mol. The molecule has 0 spiro atoms. The van der Waals surface area contributed by atoms with Crippen molar-refractivity contribution in [3.05, 3.63) is 60.2 Å². The van der Waals surface area contributed by atoms with E-state index in [4.69, 9.17) is 21.5 Å². The van der Waals surface area contributed by atoms with E-state index in [-0.39, 0.29) is 11.0 Å². The van der Waals surface area contributed by atoms with Crippen LogP contribution in [0.1, 0.15) is 18.1 Å². The first kappa shape index (κ1) is 15.8. The number of alkyl halides is 1. The summed E-state index contributed by atoms with van der Waals surface area (Å²) in [5, 5.41) is 5.06. The van der Waals surface area contributed by atoms with E-state index in [1.165, 1.54) is 12.1 Å². The highest BCUT2D eigenvalue weighted by molar-refractivity contribution is 7.89. The van der Waals surface area contributed by atoms with E-state index >= 15 is 0 Å². The van der Waals surface area contributed by atoms with Crippen molar-refractivity contribution in [2.24, 2.45) is 5.14 Å². The molecular weight excluding hydrogens is 310 g/mol. The Labute approximate surface area is 129 Å². The quantitative estimate of drug-likeness (QED) is 0.830. The highest BCUT2D eigenvalue weighted by Gasteiger charge is 2.13. The van der Waals surface area contributed by atoms with Gasteiger partial charge in [0.1, 0.15) is 11.9 Å². The van der Waals surface area contributed by atoms with Gasteiger partial charge in [0.25, 0.3) is 0 Å². The zero-order valence-electron chi connectivity index (χ0n) is 11.3. The molecule has 4 nitrogen and oxygen atoms in total. The minimum Gasteiger partial charge on any atom is -0.486 e. The Hall–Kier alpha value is -1.56. The molecule has 21 heavy (non-hydrogen) atoms. The Balaban J connectivity index is 2.18. The molecule has 0 bridgehead atoms. The average molecular weight is 326 g/mol. The van der Waals surface area contributed by atoms with Crippen LogP contribution in [0.4, 0.5) is 0 Å². The SMILES string of the molecule is NS(=O)(=O)c1ccc(OC(CCCl)c2ccccc2)cc1. The van der Waals surface area contributed by atoms with Crippen molar-refractivity contribution >= 4 is 21.6 Å². The predicted octanol–water partition coefficient (Wildman–Crippen LogP) is 3.08. The van der Waals surface area contributed by atoms with Gasteiger partial charge in [0, 0.05) is 12.3 Å². The predicted molar refractivity (Wildman–Crippen MR) is 83.0 cm³/mol. The van der Waals surface area contributed by atoms with Gasteiger partial charge in [0.2, 0.25) is 10.0 Å². The topological polar surface area (TPSA) is 69.4 Å². The van der Waals surface area contributed by atoms with Crippen LogP contribution in [-0.2, 0) is 10.0 Å². The van der Waals surface area contributed by atoms with Gasteiger partial charge in [-0.15, -0.1) is 11.6 Å². The third-order valence-electron chi connectivity index (χ3n) is 2.97. The Kier molecular flexibility index (Phi) is 5.22. The van der Waals surface area contributed by atoms with Crippen LogP contribution in [0.2, 0.25) is 0 Å². The molecule has 2 rings (SSSR count). The molecule has 1 atom stereocenters. The normalized spacial score (nSPS) is 12.9. The van der Waals surface area contributed by atoms with Gasteiger partial charge in [-0.3, -0.25) is 0 Å². The molecule has 112 valence electrons. The molecule has 0 heterocycles. The second-order valence-electron chi connectivity index (χ2n) is 4.51. The van der Waals surface area contributed by atoms with Gasteiger partial charge in [-0.1, -0.05) is 30.3 Å². The second kappa shape index (κ2) is 6.93. The van der Waals surface area contributed by atoms with E-state index in [0.29, 0.717) is 18.1 Å². The number of benzene rings is 2. The van der Waals surface area contributed by atoms with E-state index in [1.54, 1.807) is 12.1 Å². The third kappa shape index (κ3) is 4.46. The zero-order chi connectivity index (χ0) is 15.3. The lowest BCUT2D eigenvalue weighted by Crippen LogP contribution is -2.12. The van der Waals surface area contributed by atoms with Gasteiger partial charge < -0.3 is 4.74 Å². The lowest BCUT2D eigenvalue weighted by Gasteiger charge is -2.18. The van der Waals surface area contributed by atoms with Crippen molar-refractivity contribution in [1.29, 1.82) is 0 Å². The van der Waals surface area contributed by atoms with Gasteiger partial charge in [-0.2, -0.15) is 0 Å². The highest BCUT2D eigenvalue weighted by Crippen LogP contribution is 2.26. The summed E-state index contributed by atoms with van der Waals surface area (Å²) in [5.41, 5.74) is 1.02. The molecule has 0 aliphatic carbocycles. The molecule has 0 aliphatic rings. The Bertz CT molecular complexity index is 672. The summed E-state index contributed by atoms with van der Waals surface area (Å²) in [6, 6.07) is 15.8. The van der Waals surface area contributed by atoms with Crippen LogP contribution in [0.15, 0.2) is 59.5 Å². The van der Waals surface area contributed by atoms with Crippen LogP contribution in [-0.4, -0.2) is 14.3 Å². The van der Waals surface area contributed by atoms with E-state index in [0.717, 1.165) is 5.56 Å². The van der Waals surface area contributed by atoms with Gasteiger partial charge in [-0.05, 0) is 29.8 Å². The van der Waals surface area contributed by atoms with Gasteiger partial charge in [0.05, 0.1) is 4.90 Å². The summed E-state index contributed by atoms with van der Waals surface area (Å²) < 4.78 is 28.3. The fraction of sp³-hybridized carbons (Fsp3) is 0.200. The summed E-state index contributed by atoms with van der Waals surface area (Å²) in [4.78, 5) is 0.0588. The van der Waals surface area contributed by atoms with Crippen LogP contribution in [0.5, 0.6) is 5.75 Å². The number of primary sulfonamides is 1. The second-order valence-corrected chi connectivity index (χ2v) is 6.45. The summed E-state index contributed by atoms with van der Waals surface area (Å²) in [6.45, 7) is 0. The van der Waals surface area contributed by atoms with E-state index in [1.807, 2.05) is 30.3 Å². The molecule has 2 N–H and O–H groups in total. The summed E-state index contributed by atoms with van der Waals surface area (Å²) in [7, 11) is -3.69. The van der Waals surface area contributed by atoms with Crippen LogP contribution in [0, 0.1) is 0 Å². The van der Waals surface area contributed by atoms with Gasteiger partial charge >= 0.3 is 0 Å².